The molecule has 1 aliphatic heterocycles. The van der Waals surface area contributed by atoms with E-state index in [4.69, 9.17) is 4.74 Å². The molecular weight excluding hydrogens is 451 g/mol. The maximum atomic E-state index is 13.4. The SMILES string of the molecule is O=S(=O)(c1cccc(F)c1)N1CCN(CC(O)COc2cccc(Br)c2)CC1. The Balaban J connectivity index is 1.48. The number of rotatable bonds is 7. The van der Waals surface area contributed by atoms with Gasteiger partial charge in [0.1, 0.15) is 24.3 Å². The van der Waals surface area contributed by atoms with Gasteiger partial charge in [0, 0.05) is 37.2 Å². The number of sulfonamides is 1. The van der Waals surface area contributed by atoms with Crippen LogP contribution in [0, 0.1) is 5.82 Å². The van der Waals surface area contributed by atoms with E-state index < -0.39 is 21.9 Å². The molecule has 0 aromatic heterocycles. The van der Waals surface area contributed by atoms with Gasteiger partial charge in [0.05, 0.1) is 4.90 Å². The minimum Gasteiger partial charge on any atom is -0.491 e. The van der Waals surface area contributed by atoms with Crippen molar-refractivity contribution < 1.29 is 22.7 Å². The number of ether oxygens (including phenoxy) is 1. The van der Waals surface area contributed by atoms with E-state index in [1.54, 1.807) is 0 Å². The number of hydrogen-bond acceptors (Lipinski definition) is 5. The van der Waals surface area contributed by atoms with Gasteiger partial charge in [-0.25, -0.2) is 12.8 Å². The Kier molecular flexibility index (Phi) is 7.05. The normalized spacial score (nSPS) is 17.4. The summed E-state index contributed by atoms with van der Waals surface area (Å²) in [5.74, 6) is 0.0905. The number of aliphatic hydroxyl groups is 1. The van der Waals surface area contributed by atoms with Crippen LogP contribution < -0.4 is 4.74 Å². The second-order valence-corrected chi connectivity index (χ2v) is 9.44. The van der Waals surface area contributed by atoms with Gasteiger partial charge < -0.3 is 9.84 Å². The molecule has 6 nitrogen and oxygen atoms in total. The van der Waals surface area contributed by atoms with E-state index in [0.29, 0.717) is 25.4 Å². The van der Waals surface area contributed by atoms with E-state index >= 15 is 0 Å². The van der Waals surface area contributed by atoms with Crippen molar-refractivity contribution in [2.75, 3.05) is 39.3 Å². The van der Waals surface area contributed by atoms with E-state index in [1.165, 1.54) is 22.5 Å². The Morgan fingerprint density at radius 3 is 2.50 bits per heavy atom. The molecule has 3 rings (SSSR count). The summed E-state index contributed by atoms with van der Waals surface area (Å²) in [5.41, 5.74) is 0. The first kappa shape index (κ1) is 21.2. The monoisotopic (exact) mass is 472 g/mol. The lowest BCUT2D eigenvalue weighted by molar-refractivity contribution is 0.0569. The Bertz CT molecular complexity index is 904. The predicted molar refractivity (Wildman–Crippen MR) is 107 cm³/mol. The second-order valence-electron chi connectivity index (χ2n) is 6.58. The molecule has 152 valence electrons. The van der Waals surface area contributed by atoms with Crippen molar-refractivity contribution >= 4 is 26.0 Å². The summed E-state index contributed by atoms with van der Waals surface area (Å²) >= 11 is 3.37. The van der Waals surface area contributed by atoms with Crippen LogP contribution in [-0.2, 0) is 10.0 Å². The maximum absolute atomic E-state index is 13.4. The summed E-state index contributed by atoms with van der Waals surface area (Å²) in [6.07, 6.45) is -0.689. The fourth-order valence-corrected chi connectivity index (χ4v) is 4.86. The van der Waals surface area contributed by atoms with Gasteiger partial charge in [0.2, 0.25) is 10.0 Å². The van der Waals surface area contributed by atoms with E-state index in [1.807, 2.05) is 29.2 Å². The van der Waals surface area contributed by atoms with Gasteiger partial charge in [-0.2, -0.15) is 4.31 Å². The zero-order valence-electron chi connectivity index (χ0n) is 15.2. The van der Waals surface area contributed by atoms with Crippen LogP contribution in [0.5, 0.6) is 5.75 Å². The molecule has 0 spiro atoms. The summed E-state index contributed by atoms with van der Waals surface area (Å²) in [4.78, 5) is 1.95. The summed E-state index contributed by atoms with van der Waals surface area (Å²) in [7, 11) is -3.71. The number of benzene rings is 2. The minimum atomic E-state index is -3.71. The Hall–Kier alpha value is -1.52. The van der Waals surface area contributed by atoms with E-state index in [0.717, 1.165) is 10.5 Å². The molecule has 1 N–H and O–H groups in total. The number of β-amino-alcohol motifs (C(OH)–C–C–N with tert-alkyl or cyclic N) is 1. The van der Waals surface area contributed by atoms with Crippen molar-refractivity contribution in [1.82, 2.24) is 9.21 Å². The zero-order valence-corrected chi connectivity index (χ0v) is 17.6. The van der Waals surface area contributed by atoms with Crippen molar-refractivity contribution in [3.05, 3.63) is 58.8 Å². The maximum Gasteiger partial charge on any atom is 0.243 e. The third-order valence-electron chi connectivity index (χ3n) is 4.47. The van der Waals surface area contributed by atoms with Crippen molar-refractivity contribution in [3.8, 4) is 5.75 Å². The molecule has 1 aliphatic rings. The fraction of sp³-hybridized carbons (Fsp3) is 0.368. The van der Waals surface area contributed by atoms with Gasteiger partial charge in [-0.15, -0.1) is 0 Å². The van der Waals surface area contributed by atoms with Crippen LogP contribution in [0.3, 0.4) is 0 Å². The molecule has 0 aliphatic carbocycles. The van der Waals surface area contributed by atoms with Crippen molar-refractivity contribution in [3.63, 3.8) is 0 Å². The highest BCUT2D eigenvalue weighted by molar-refractivity contribution is 9.10. The number of halogens is 2. The number of hydrogen-bond donors (Lipinski definition) is 1. The van der Waals surface area contributed by atoms with Crippen LogP contribution in [0.4, 0.5) is 4.39 Å². The third kappa shape index (κ3) is 5.51. The summed E-state index contributed by atoms with van der Waals surface area (Å²) in [6.45, 7) is 2.10. The van der Waals surface area contributed by atoms with Crippen molar-refractivity contribution in [2.24, 2.45) is 0 Å². The van der Waals surface area contributed by atoms with Crippen LogP contribution in [-0.4, -0.2) is 68.2 Å². The highest BCUT2D eigenvalue weighted by Crippen LogP contribution is 2.19. The van der Waals surface area contributed by atoms with Gasteiger partial charge in [-0.05, 0) is 36.4 Å². The largest absolute Gasteiger partial charge is 0.491 e. The van der Waals surface area contributed by atoms with Gasteiger partial charge in [0.15, 0.2) is 0 Å². The quantitative estimate of drug-likeness (QED) is 0.669. The predicted octanol–water partition coefficient (Wildman–Crippen LogP) is 2.33. The molecule has 28 heavy (non-hydrogen) atoms. The first-order valence-electron chi connectivity index (χ1n) is 8.89. The van der Waals surface area contributed by atoms with Gasteiger partial charge in [-0.1, -0.05) is 28.1 Å². The highest BCUT2D eigenvalue weighted by atomic mass is 79.9. The van der Waals surface area contributed by atoms with Crippen LogP contribution in [0.1, 0.15) is 0 Å². The molecule has 0 amide bonds. The van der Waals surface area contributed by atoms with Crippen LogP contribution >= 0.6 is 15.9 Å². The van der Waals surface area contributed by atoms with E-state index in [2.05, 4.69) is 15.9 Å². The lowest BCUT2D eigenvalue weighted by atomic mass is 10.3. The molecule has 1 saturated heterocycles. The standard InChI is InChI=1S/C19H22BrFN2O4S/c20-15-3-1-5-18(11-15)27-14-17(24)13-22-7-9-23(10-8-22)28(25,26)19-6-2-4-16(21)12-19/h1-6,11-12,17,24H,7-10,13-14H2. The fourth-order valence-electron chi connectivity index (χ4n) is 3.03. The molecule has 1 unspecified atom stereocenters. The van der Waals surface area contributed by atoms with Gasteiger partial charge >= 0.3 is 0 Å². The smallest absolute Gasteiger partial charge is 0.243 e. The first-order chi connectivity index (χ1) is 13.3. The number of piperazine rings is 1. The molecule has 2 aromatic rings. The molecule has 0 radical (unpaired) electrons. The van der Waals surface area contributed by atoms with Crippen molar-refractivity contribution in [2.45, 2.75) is 11.0 Å². The molecule has 9 heteroatoms. The summed E-state index contributed by atoms with van der Waals surface area (Å²) in [5, 5.41) is 10.2. The molecule has 0 bridgehead atoms. The second kappa shape index (κ2) is 9.32. The van der Waals surface area contributed by atoms with E-state index in [9.17, 15) is 17.9 Å². The topological polar surface area (TPSA) is 70.1 Å². The zero-order chi connectivity index (χ0) is 20.1. The molecule has 1 heterocycles. The lowest BCUT2D eigenvalue weighted by Crippen LogP contribution is -2.50. The Labute approximate surface area is 172 Å². The molecular formula is C19H22BrFN2O4S. The Morgan fingerprint density at radius 2 is 1.82 bits per heavy atom. The average molecular weight is 473 g/mol. The van der Waals surface area contributed by atoms with Gasteiger partial charge in [0.25, 0.3) is 0 Å². The Morgan fingerprint density at radius 1 is 1.11 bits per heavy atom. The summed E-state index contributed by atoms with van der Waals surface area (Å²) < 4.78 is 46.4. The average Bonchev–Trinajstić information content (AvgIpc) is 2.67. The first-order valence-corrected chi connectivity index (χ1v) is 11.1. The van der Waals surface area contributed by atoms with Crippen molar-refractivity contribution in [1.29, 1.82) is 0 Å². The third-order valence-corrected chi connectivity index (χ3v) is 6.86. The van der Waals surface area contributed by atoms with Gasteiger partial charge in [-0.3, -0.25) is 4.90 Å². The molecule has 0 saturated carbocycles. The number of aliphatic hydroxyl groups excluding tert-OH is 1. The van der Waals surface area contributed by atoms with Crippen LogP contribution in [0.15, 0.2) is 57.9 Å². The minimum absolute atomic E-state index is 0.0385. The molecule has 1 fully saturated rings. The van der Waals surface area contributed by atoms with Crippen LogP contribution in [0.25, 0.3) is 0 Å². The number of nitrogens with zero attached hydrogens (tertiary/aromatic N) is 2. The highest BCUT2D eigenvalue weighted by Gasteiger charge is 2.29. The summed E-state index contributed by atoms with van der Waals surface area (Å²) in [6, 6.07) is 12.4. The molecule has 2 aromatic carbocycles. The van der Waals surface area contributed by atoms with Crippen LogP contribution in [0.2, 0.25) is 0 Å². The molecule has 1 atom stereocenters. The lowest BCUT2D eigenvalue weighted by Gasteiger charge is -2.34. The van der Waals surface area contributed by atoms with E-state index in [-0.39, 0.29) is 24.6 Å².